The van der Waals surface area contributed by atoms with Crippen molar-refractivity contribution >= 4 is 22.7 Å². The van der Waals surface area contributed by atoms with Crippen LogP contribution in [-0.2, 0) is 4.79 Å². The van der Waals surface area contributed by atoms with Gasteiger partial charge in [0.05, 0.1) is 11.4 Å². The average Bonchev–Trinajstić information content (AvgIpc) is 3.45. The van der Waals surface area contributed by atoms with E-state index >= 15 is 0 Å². The Bertz CT molecular complexity index is 1390. The van der Waals surface area contributed by atoms with E-state index in [9.17, 15) is 9.59 Å². The number of hydrogen-bond donors (Lipinski definition) is 0. The molecule has 1 aliphatic rings. The molecule has 1 saturated heterocycles. The number of anilines is 1. The molecule has 0 bridgehead atoms. The summed E-state index contributed by atoms with van der Waals surface area (Å²) in [5.74, 6) is 0.307. The molecule has 5 rings (SSSR count). The number of oxazole rings is 1. The predicted octanol–water partition coefficient (Wildman–Crippen LogP) is 4.36. The first-order valence-electron chi connectivity index (χ1n) is 10.7. The average molecular weight is 432 g/mol. The lowest BCUT2D eigenvalue weighted by molar-refractivity contribution is -0.117. The van der Waals surface area contributed by atoms with Crippen molar-refractivity contribution in [2.75, 3.05) is 11.4 Å². The summed E-state index contributed by atoms with van der Waals surface area (Å²) in [6.45, 7) is 8.44. The minimum absolute atomic E-state index is 0.00783. The van der Waals surface area contributed by atoms with E-state index in [-0.39, 0.29) is 17.9 Å². The van der Waals surface area contributed by atoms with Crippen molar-refractivity contribution in [2.24, 2.45) is 0 Å². The first-order valence-corrected chi connectivity index (χ1v) is 10.7. The van der Waals surface area contributed by atoms with Crippen LogP contribution >= 0.6 is 0 Å². The SMILES string of the molecule is Cc1ccc(N2C[C@H](c3nc(-c4ccc5c(c4)oc(=O)n5C(C)C)no3)CC2=O)cc1C. The molecule has 4 aromatic rings. The fourth-order valence-electron chi connectivity index (χ4n) is 4.20. The second kappa shape index (κ2) is 7.47. The Labute approximate surface area is 184 Å². The minimum atomic E-state index is -0.392. The fourth-order valence-corrected chi connectivity index (χ4v) is 4.20. The van der Waals surface area contributed by atoms with E-state index in [1.54, 1.807) is 15.5 Å². The van der Waals surface area contributed by atoms with Crippen LogP contribution in [0.5, 0.6) is 0 Å². The Morgan fingerprint density at radius 1 is 1.06 bits per heavy atom. The van der Waals surface area contributed by atoms with Gasteiger partial charge in [-0.1, -0.05) is 11.2 Å². The number of aryl methyl sites for hydroxylation is 2. The number of carbonyl (C=O) groups excluding carboxylic acids is 1. The summed E-state index contributed by atoms with van der Waals surface area (Å²) in [6.07, 6.45) is 0.319. The number of carbonyl (C=O) groups is 1. The van der Waals surface area contributed by atoms with E-state index in [2.05, 4.69) is 10.1 Å². The standard InChI is InChI=1S/C24H24N4O4/c1-13(2)28-19-8-6-16(10-20(19)31-24(28)30)22-25-23(32-26-22)17-11-21(29)27(12-17)18-7-5-14(3)15(4)9-18/h5-10,13,17H,11-12H2,1-4H3/t17-/m1/s1. The van der Waals surface area contributed by atoms with Gasteiger partial charge in [-0.3, -0.25) is 9.36 Å². The molecule has 1 atom stereocenters. The molecule has 1 aliphatic heterocycles. The number of amides is 1. The third kappa shape index (κ3) is 3.32. The van der Waals surface area contributed by atoms with Gasteiger partial charge in [0.25, 0.3) is 0 Å². The molecule has 0 N–H and O–H groups in total. The highest BCUT2D eigenvalue weighted by molar-refractivity contribution is 5.96. The minimum Gasteiger partial charge on any atom is -0.408 e. The molecule has 1 fully saturated rings. The summed E-state index contributed by atoms with van der Waals surface area (Å²) in [6, 6.07) is 11.4. The fraction of sp³-hybridized carbons (Fsp3) is 0.333. The molecule has 2 aromatic carbocycles. The van der Waals surface area contributed by atoms with Crippen LogP contribution in [0.4, 0.5) is 5.69 Å². The zero-order valence-corrected chi connectivity index (χ0v) is 18.5. The highest BCUT2D eigenvalue weighted by Gasteiger charge is 2.35. The maximum atomic E-state index is 12.7. The third-order valence-electron chi connectivity index (χ3n) is 6.11. The molecule has 0 spiro atoms. The molecule has 8 heteroatoms. The van der Waals surface area contributed by atoms with Crippen molar-refractivity contribution in [1.82, 2.24) is 14.7 Å². The lowest BCUT2D eigenvalue weighted by Gasteiger charge is -2.17. The zero-order chi connectivity index (χ0) is 22.6. The summed E-state index contributed by atoms with van der Waals surface area (Å²) in [5.41, 5.74) is 5.11. The molecule has 0 aliphatic carbocycles. The van der Waals surface area contributed by atoms with Gasteiger partial charge in [0.1, 0.15) is 0 Å². The lowest BCUT2D eigenvalue weighted by atomic mass is 10.1. The van der Waals surface area contributed by atoms with Crippen molar-refractivity contribution in [1.29, 1.82) is 0 Å². The molecule has 164 valence electrons. The van der Waals surface area contributed by atoms with Crippen molar-refractivity contribution in [3.8, 4) is 11.4 Å². The molecule has 0 saturated carbocycles. The monoisotopic (exact) mass is 432 g/mol. The molecule has 2 aromatic heterocycles. The van der Waals surface area contributed by atoms with Crippen molar-refractivity contribution in [3.63, 3.8) is 0 Å². The Balaban J connectivity index is 1.41. The van der Waals surface area contributed by atoms with Crippen LogP contribution in [0, 0.1) is 13.8 Å². The summed E-state index contributed by atoms with van der Waals surface area (Å²) < 4.78 is 12.5. The molecular formula is C24H24N4O4. The van der Waals surface area contributed by atoms with E-state index in [4.69, 9.17) is 8.94 Å². The molecule has 1 amide bonds. The first kappa shape index (κ1) is 20.2. The van der Waals surface area contributed by atoms with Crippen LogP contribution in [0.3, 0.4) is 0 Å². The molecule has 0 radical (unpaired) electrons. The van der Waals surface area contributed by atoms with Gasteiger partial charge in [-0.15, -0.1) is 0 Å². The van der Waals surface area contributed by atoms with Gasteiger partial charge in [-0.25, -0.2) is 4.79 Å². The van der Waals surface area contributed by atoms with Gasteiger partial charge >= 0.3 is 5.76 Å². The van der Waals surface area contributed by atoms with Crippen molar-refractivity contribution in [3.05, 3.63) is 64.0 Å². The number of benzene rings is 2. The topological polar surface area (TPSA) is 94.4 Å². The third-order valence-corrected chi connectivity index (χ3v) is 6.11. The van der Waals surface area contributed by atoms with Crippen LogP contribution < -0.4 is 10.7 Å². The van der Waals surface area contributed by atoms with Gasteiger partial charge in [0.2, 0.25) is 17.6 Å². The lowest BCUT2D eigenvalue weighted by Crippen LogP contribution is -2.24. The summed E-state index contributed by atoms with van der Waals surface area (Å²) in [7, 11) is 0. The second-order valence-electron chi connectivity index (χ2n) is 8.64. The molecular weight excluding hydrogens is 408 g/mol. The summed E-state index contributed by atoms with van der Waals surface area (Å²) >= 11 is 0. The van der Waals surface area contributed by atoms with E-state index in [0.717, 1.165) is 16.8 Å². The van der Waals surface area contributed by atoms with Gasteiger partial charge < -0.3 is 13.8 Å². The Morgan fingerprint density at radius 2 is 1.88 bits per heavy atom. The Kier molecular flexibility index (Phi) is 4.73. The van der Waals surface area contributed by atoms with Crippen LogP contribution in [0.15, 0.2) is 50.1 Å². The Morgan fingerprint density at radius 3 is 2.62 bits per heavy atom. The molecule has 3 heterocycles. The van der Waals surface area contributed by atoms with Gasteiger partial charge in [0.15, 0.2) is 5.58 Å². The molecule has 8 nitrogen and oxygen atoms in total. The quantitative estimate of drug-likeness (QED) is 0.475. The Hall–Kier alpha value is -3.68. The van der Waals surface area contributed by atoms with Gasteiger partial charge in [-0.05, 0) is 69.2 Å². The van der Waals surface area contributed by atoms with Crippen LogP contribution in [-0.4, -0.2) is 27.2 Å². The number of rotatable bonds is 4. The number of hydrogen-bond acceptors (Lipinski definition) is 6. The highest BCUT2D eigenvalue weighted by atomic mass is 16.5. The maximum absolute atomic E-state index is 12.7. The predicted molar refractivity (Wildman–Crippen MR) is 120 cm³/mol. The van der Waals surface area contributed by atoms with E-state index < -0.39 is 5.76 Å². The van der Waals surface area contributed by atoms with Crippen LogP contribution in [0.25, 0.3) is 22.5 Å². The molecule has 0 unspecified atom stereocenters. The molecule has 32 heavy (non-hydrogen) atoms. The summed E-state index contributed by atoms with van der Waals surface area (Å²) in [4.78, 5) is 31.1. The van der Waals surface area contributed by atoms with E-state index in [0.29, 0.717) is 35.8 Å². The normalized spacial score (nSPS) is 16.6. The highest BCUT2D eigenvalue weighted by Crippen LogP contribution is 2.33. The number of nitrogens with zero attached hydrogens (tertiary/aromatic N) is 4. The van der Waals surface area contributed by atoms with Gasteiger partial charge in [0, 0.05) is 30.3 Å². The number of aromatic nitrogens is 3. The second-order valence-corrected chi connectivity index (χ2v) is 8.64. The van der Waals surface area contributed by atoms with Crippen molar-refractivity contribution < 1.29 is 13.7 Å². The number of fused-ring (bicyclic) bond motifs is 1. The van der Waals surface area contributed by atoms with Crippen LogP contribution in [0.1, 0.15) is 49.2 Å². The van der Waals surface area contributed by atoms with Crippen LogP contribution in [0.2, 0.25) is 0 Å². The van der Waals surface area contributed by atoms with E-state index in [1.807, 2.05) is 58.0 Å². The largest absolute Gasteiger partial charge is 0.420 e. The first-order chi connectivity index (χ1) is 15.3. The van der Waals surface area contributed by atoms with E-state index in [1.165, 1.54) is 5.56 Å². The maximum Gasteiger partial charge on any atom is 0.420 e. The zero-order valence-electron chi connectivity index (χ0n) is 18.5. The smallest absolute Gasteiger partial charge is 0.408 e. The van der Waals surface area contributed by atoms with Crippen molar-refractivity contribution in [2.45, 2.75) is 46.1 Å². The van der Waals surface area contributed by atoms with Gasteiger partial charge in [-0.2, -0.15) is 4.98 Å². The summed E-state index contributed by atoms with van der Waals surface area (Å²) in [5, 5.41) is 4.11.